The van der Waals surface area contributed by atoms with Crippen LogP contribution in [0.3, 0.4) is 0 Å². The lowest BCUT2D eigenvalue weighted by Gasteiger charge is -2.23. The number of esters is 2. The topological polar surface area (TPSA) is 124 Å². The minimum atomic E-state index is -1.03. The van der Waals surface area contributed by atoms with Crippen LogP contribution in [-0.4, -0.2) is 56.0 Å². The molecule has 202 valence electrons. The molecule has 0 unspecified atom stereocenters. The highest BCUT2D eigenvalue weighted by molar-refractivity contribution is 5.70. The summed E-state index contributed by atoms with van der Waals surface area (Å²) in [6, 6.07) is 19.1. The molecule has 4 atom stereocenters. The molecule has 1 aliphatic heterocycles. The van der Waals surface area contributed by atoms with Crippen LogP contribution in [0.25, 0.3) is 11.2 Å². The molecule has 0 radical (unpaired) electrons. The van der Waals surface area contributed by atoms with Gasteiger partial charge in [-0.2, -0.15) is 0 Å². The number of hydrogen-bond acceptors (Lipinski definition) is 9. The zero-order chi connectivity index (χ0) is 27.4. The van der Waals surface area contributed by atoms with Gasteiger partial charge in [-0.05, 0) is 11.1 Å². The van der Waals surface area contributed by atoms with Crippen LogP contribution in [0.5, 0.6) is 0 Å². The first-order chi connectivity index (χ1) is 18.9. The first kappa shape index (κ1) is 26.3. The number of ether oxygens (including phenoxy) is 4. The molecule has 1 fully saturated rings. The molecule has 0 spiro atoms. The van der Waals surface area contributed by atoms with Gasteiger partial charge in [0.05, 0.1) is 26.1 Å². The molecule has 1 aliphatic rings. The lowest BCUT2D eigenvalue weighted by atomic mass is 10.1. The second-order valence-corrected chi connectivity index (χ2v) is 9.20. The van der Waals surface area contributed by atoms with Gasteiger partial charge in [0.25, 0.3) is 5.56 Å². The third kappa shape index (κ3) is 5.89. The minimum Gasteiger partial charge on any atom is -0.456 e. The highest BCUT2D eigenvalue weighted by atomic mass is 16.7. The predicted octanol–water partition coefficient (Wildman–Crippen LogP) is 2.62. The van der Waals surface area contributed by atoms with E-state index in [1.165, 1.54) is 35.6 Å². The Kier molecular flexibility index (Phi) is 7.80. The van der Waals surface area contributed by atoms with E-state index in [1.807, 2.05) is 60.7 Å². The number of nitrogens with zero attached hydrogens (tertiary/aromatic N) is 4. The fourth-order valence-electron chi connectivity index (χ4n) is 4.61. The smallest absolute Gasteiger partial charge is 0.303 e. The van der Waals surface area contributed by atoms with Crippen molar-refractivity contribution in [3.63, 3.8) is 0 Å². The summed E-state index contributed by atoms with van der Waals surface area (Å²) in [5.41, 5.74) is 1.95. The molecular formula is C28H28N4O7. The van der Waals surface area contributed by atoms with Gasteiger partial charge < -0.3 is 18.9 Å². The molecule has 11 nitrogen and oxygen atoms in total. The van der Waals surface area contributed by atoms with Crippen LogP contribution >= 0.6 is 0 Å². The molecule has 0 amide bonds. The number of carbonyl (C=O) groups excluding carboxylic acids is 2. The fraction of sp³-hybridized carbons (Fsp3) is 0.321. The summed E-state index contributed by atoms with van der Waals surface area (Å²) in [7, 11) is 0. The maximum atomic E-state index is 13.2. The number of benzene rings is 2. The molecule has 0 N–H and O–H groups in total. The van der Waals surface area contributed by atoms with Gasteiger partial charge in [0.1, 0.15) is 12.4 Å². The van der Waals surface area contributed by atoms with Crippen molar-refractivity contribution in [1.29, 1.82) is 0 Å². The van der Waals surface area contributed by atoms with Gasteiger partial charge in [-0.3, -0.25) is 23.5 Å². The van der Waals surface area contributed by atoms with Crippen molar-refractivity contribution in [2.24, 2.45) is 0 Å². The van der Waals surface area contributed by atoms with Gasteiger partial charge >= 0.3 is 11.9 Å². The van der Waals surface area contributed by atoms with Crippen molar-refractivity contribution >= 4 is 23.1 Å². The molecular weight excluding hydrogens is 504 g/mol. The van der Waals surface area contributed by atoms with E-state index in [0.717, 1.165) is 11.1 Å². The number of aromatic nitrogens is 4. The van der Waals surface area contributed by atoms with Gasteiger partial charge in [-0.15, -0.1) is 0 Å². The number of carbonyl (C=O) groups is 2. The number of rotatable bonds is 9. The van der Waals surface area contributed by atoms with Crippen LogP contribution in [0.4, 0.5) is 0 Å². The molecule has 0 aliphatic carbocycles. The second kappa shape index (κ2) is 11.6. The van der Waals surface area contributed by atoms with Crippen LogP contribution in [0.2, 0.25) is 0 Å². The van der Waals surface area contributed by atoms with Crippen molar-refractivity contribution in [3.8, 4) is 0 Å². The maximum absolute atomic E-state index is 13.2. The molecule has 1 saturated heterocycles. The van der Waals surface area contributed by atoms with Crippen molar-refractivity contribution in [3.05, 3.63) is 94.8 Å². The average molecular weight is 533 g/mol. The van der Waals surface area contributed by atoms with Crippen LogP contribution in [-0.2, 0) is 41.7 Å². The first-order valence-electron chi connectivity index (χ1n) is 12.5. The summed E-state index contributed by atoms with van der Waals surface area (Å²) in [6.45, 7) is 3.23. The summed E-state index contributed by atoms with van der Waals surface area (Å²) in [6.07, 6.45) is -0.861. The summed E-state index contributed by atoms with van der Waals surface area (Å²) in [5, 5.41) is 0. The summed E-state index contributed by atoms with van der Waals surface area (Å²) in [5.74, 6) is -1.15. The van der Waals surface area contributed by atoms with Crippen molar-refractivity contribution in [2.45, 2.75) is 51.5 Å². The molecule has 11 heteroatoms. The molecule has 3 heterocycles. The Hall–Kier alpha value is -4.35. The molecule has 2 aromatic carbocycles. The predicted molar refractivity (Wildman–Crippen MR) is 138 cm³/mol. The van der Waals surface area contributed by atoms with Gasteiger partial charge in [-0.25, -0.2) is 9.97 Å². The first-order valence-corrected chi connectivity index (χ1v) is 12.5. The van der Waals surface area contributed by atoms with Crippen molar-refractivity contribution in [1.82, 2.24) is 19.1 Å². The quantitative estimate of drug-likeness (QED) is 0.299. The minimum absolute atomic E-state index is 0.0606. The molecule has 5 rings (SSSR count). The van der Waals surface area contributed by atoms with E-state index >= 15 is 0 Å². The molecule has 39 heavy (non-hydrogen) atoms. The lowest BCUT2D eigenvalue weighted by molar-refractivity contribution is -0.166. The monoisotopic (exact) mass is 532 g/mol. The lowest BCUT2D eigenvalue weighted by Crippen LogP contribution is -2.40. The summed E-state index contributed by atoms with van der Waals surface area (Å²) in [4.78, 5) is 46.0. The van der Waals surface area contributed by atoms with Gasteiger partial charge in [0.15, 0.2) is 29.6 Å². The zero-order valence-corrected chi connectivity index (χ0v) is 21.5. The van der Waals surface area contributed by atoms with Gasteiger partial charge in [-0.1, -0.05) is 60.7 Å². The van der Waals surface area contributed by atoms with Crippen molar-refractivity contribution < 1.29 is 28.5 Å². The normalized spacial score (nSPS) is 20.7. The average Bonchev–Trinajstić information content (AvgIpc) is 3.48. The second-order valence-electron chi connectivity index (χ2n) is 9.20. The fourth-order valence-corrected chi connectivity index (χ4v) is 4.61. The molecule has 2 aromatic heterocycles. The Balaban J connectivity index is 1.43. The number of hydrogen-bond donors (Lipinski definition) is 0. The van der Waals surface area contributed by atoms with Crippen LogP contribution in [0.15, 0.2) is 78.1 Å². The highest BCUT2D eigenvalue weighted by Gasteiger charge is 2.50. The van der Waals surface area contributed by atoms with Crippen LogP contribution in [0.1, 0.15) is 31.2 Å². The third-order valence-electron chi connectivity index (χ3n) is 6.30. The van der Waals surface area contributed by atoms with E-state index in [0.29, 0.717) is 13.2 Å². The zero-order valence-electron chi connectivity index (χ0n) is 21.5. The van der Waals surface area contributed by atoms with Crippen molar-refractivity contribution in [2.75, 3.05) is 6.61 Å². The molecule has 0 bridgehead atoms. The Labute approximate surface area is 223 Å². The SMILES string of the molecule is CC(=O)O[C@@H]1[C@H](OC(C)=O)[C@@H](COCc2ccccc2)O[C@H]1n1cnc2c(=O)n(Cc3ccccc3)cnc21. The number of fused-ring (bicyclic) bond motifs is 1. The van der Waals surface area contributed by atoms with E-state index < -0.39 is 36.5 Å². The van der Waals surface area contributed by atoms with E-state index in [4.69, 9.17) is 18.9 Å². The van der Waals surface area contributed by atoms with Gasteiger partial charge in [0.2, 0.25) is 0 Å². The Morgan fingerprint density at radius 1 is 0.872 bits per heavy atom. The standard InChI is InChI=1S/C28H28N4O7/c1-18(33)37-24-22(15-36-14-21-11-7-4-8-12-21)39-28(25(24)38-19(2)34)32-17-29-23-26(32)30-16-31(27(23)35)13-20-9-5-3-6-10-20/h3-12,16-17,22,24-25,28H,13-15H2,1-2H3/t22-,24-,25-,28-/m1/s1. The summed E-state index contributed by atoms with van der Waals surface area (Å²) >= 11 is 0. The van der Waals surface area contributed by atoms with Crippen LogP contribution < -0.4 is 5.56 Å². The number of imidazole rings is 1. The Morgan fingerprint density at radius 2 is 1.51 bits per heavy atom. The van der Waals surface area contributed by atoms with E-state index in [2.05, 4.69) is 9.97 Å². The maximum Gasteiger partial charge on any atom is 0.303 e. The third-order valence-corrected chi connectivity index (χ3v) is 6.30. The Morgan fingerprint density at radius 3 is 2.18 bits per heavy atom. The molecule has 4 aromatic rings. The Bertz CT molecular complexity index is 1500. The highest BCUT2D eigenvalue weighted by Crippen LogP contribution is 2.35. The van der Waals surface area contributed by atoms with Gasteiger partial charge in [0, 0.05) is 13.8 Å². The molecule has 0 saturated carbocycles. The van der Waals surface area contributed by atoms with E-state index in [9.17, 15) is 14.4 Å². The van der Waals surface area contributed by atoms with Crippen LogP contribution in [0, 0.1) is 0 Å². The van der Waals surface area contributed by atoms with E-state index in [1.54, 1.807) is 0 Å². The van der Waals surface area contributed by atoms with E-state index in [-0.39, 0.29) is 23.3 Å². The largest absolute Gasteiger partial charge is 0.456 e. The summed E-state index contributed by atoms with van der Waals surface area (Å²) < 4.78 is 26.2.